The van der Waals surface area contributed by atoms with Crippen LogP contribution in [0.4, 0.5) is 0 Å². The fourth-order valence-corrected chi connectivity index (χ4v) is 2.90. The number of hydrogen-bond donors (Lipinski definition) is 1. The van der Waals surface area contributed by atoms with Gasteiger partial charge in [0.25, 0.3) is 0 Å². The van der Waals surface area contributed by atoms with Crippen molar-refractivity contribution in [1.29, 1.82) is 0 Å². The van der Waals surface area contributed by atoms with Gasteiger partial charge in [0.2, 0.25) is 0 Å². The average molecular weight is 240 g/mol. The number of rotatable bonds is 4. The molecule has 1 fully saturated rings. The lowest BCUT2D eigenvalue weighted by molar-refractivity contribution is 0.0335. The molecule has 0 bridgehead atoms. The molecule has 2 rings (SSSR count). The minimum atomic E-state index is 0.349. The summed E-state index contributed by atoms with van der Waals surface area (Å²) in [4.78, 5) is 4.51. The summed E-state index contributed by atoms with van der Waals surface area (Å²) in [5, 5.41) is 6.66. The topological polar surface area (TPSA) is 34.2 Å². The Kier molecular flexibility index (Phi) is 3.95. The van der Waals surface area contributed by atoms with Crippen molar-refractivity contribution in [3.63, 3.8) is 0 Å². The molecule has 3 atom stereocenters. The number of hydrogen-bond acceptors (Lipinski definition) is 4. The van der Waals surface area contributed by atoms with Crippen molar-refractivity contribution in [1.82, 2.24) is 10.3 Å². The average Bonchev–Trinajstić information content (AvgIpc) is 2.84. The normalized spacial score (nSPS) is 27.2. The molecule has 4 heteroatoms. The lowest BCUT2D eigenvalue weighted by Crippen LogP contribution is -2.39. The predicted octanol–water partition coefficient (Wildman–Crippen LogP) is 2.15. The van der Waals surface area contributed by atoms with Crippen LogP contribution in [0.1, 0.15) is 30.5 Å². The lowest BCUT2D eigenvalue weighted by atomic mass is 10.0. The number of nitrogens with zero attached hydrogens (tertiary/aromatic N) is 1. The quantitative estimate of drug-likeness (QED) is 0.875. The van der Waals surface area contributed by atoms with Gasteiger partial charge in [-0.1, -0.05) is 0 Å². The van der Waals surface area contributed by atoms with Crippen LogP contribution in [0.25, 0.3) is 0 Å². The van der Waals surface area contributed by atoms with Gasteiger partial charge in [-0.3, -0.25) is 0 Å². The molecule has 3 unspecified atom stereocenters. The van der Waals surface area contributed by atoms with Crippen molar-refractivity contribution < 1.29 is 4.74 Å². The lowest BCUT2D eigenvalue weighted by Gasteiger charge is -2.22. The van der Waals surface area contributed by atoms with Gasteiger partial charge in [-0.15, -0.1) is 11.3 Å². The highest BCUT2D eigenvalue weighted by atomic mass is 32.1. The van der Waals surface area contributed by atoms with Gasteiger partial charge < -0.3 is 10.1 Å². The summed E-state index contributed by atoms with van der Waals surface area (Å²) in [6.45, 7) is 4.20. The van der Waals surface area contributed by atoms with Crippen LogP contribution in [0, 0.1) is 6.92 Å². The maximum atomic E-state index is 5.91. The Balaban J connectivity index is 1.95. The molecule has 1 N–H and O–H groups in total. The van der Waals surface area contributed by atoms with E-state index >= 15 is 0 Å². The Bertz CT molecular complexity index is 340. The largest absolute Gasteiger partial charge is 0.374 e. The zero-order valence-corrected chi connectivity index (χ0v) is 11.0. The summed E-state index contributed by atoms with van der Waals surface area (Å²) in [7, 11) is 2.01. The summed E-state index contributed by atoms with van der Waals surface area (Å²) in [6, 6.07) is 0.395. The van der Waals surface area contributed by atoms with Crippen LogP contribution in [0.5, 0.6) is 0 Å². The molecule has 1 aliphatic rings. The molecule has 90 valence electrons. The van der Waals surface area contributed by atoms with Crippen molar-refractivity contribution in [2.75, 3.05) is 7.05 Å². The minimum absolute atomic E-state index is 0.349. The molecule has 0 amide bonds. The SMILES string of the molecule is CNC(Cc1csc(C)n1)C1CCC(C)O1. The molecule has 2 heterocycles. The van der Waals surface area contributed by atoms with Crippen molar-refractivity contribution in [3.8, 4) is 0 Å². The van der Waals surface area contributed by atoms with Gasteiger partial charge >= 0.3 is 0 Å². The Morgan fingerprint density at radius 3 is 2.94 bits per heavy atom. The van der Waals surface area contributed by atoms with Gasteiger partial charge in [-0.2, -0.15) is 0 Å². The van der Waals surface area contributed by atoms with E-state index in [2.05, 4.69) is 29.5 Å². The third-order valence-corrected chi connectivity index (χ3v) is 4.00. The third-order valence-electron chi connectivity index (χ3n) is 3.18. The van der Waals surface area contributed by atoms with Gasteiger partial charge in [-0.25, -0.2) is 4.98 Å². The van der Waals surface area contributed by atoms with E-state index in [1.54, 1.807) is 11.3 Å². The first-order valence-corrected chi connectivity index (χ1v) is 6.80. The number of aryl methyl sites for hydroxylation is 1. The highest BCUT2D eigenvalue weighted by molar-refractivity contribution is 7.09. The van der Waals surface area contributed by atoms with E-state index in [0.29, 0.717) is 18.2 Å². The van der Waals surface area contributed by atoms with E-state index < -0.39 is 0 Å². The fraction of sp³-hybridized carbons (Fsp3) is 0.750. The third kappa shape index (κ3) is 2.81. The molecular weight excluding hydrogens is 220 g/mol. The number of ether oxygens (including phenoxy) is 1. The smallest absolute Gasteiger partial charge is 0.0897 e. The summed E-state index contributed by atoms with van der Waals surface area (Å²) >= 11 is 1.72. The molecule has 1 aromatic rings. The van der Waals surface area contributed by atoms with Crippen molar-refractivity contribution in [2.45, 2.75) is 51.4 Å². The first-order chi connectivity index (χ1) is 7.69. The zero-order valence-electron chi connectivity index (χ0n) is 10.2. The second-order valence-corrected chi connectivity index (χ2v) is 5.58. The van der Waals surface area contributed by atoms with Gasteiger partial charge in [0.15, 0.2) is 0 Å². The van der Waals surface area contributed by atoms with Crippen LogP contribution in [-0.4, -0.2) is 30.3 Å². The van der Waals surface area contributed by atoms with Crippen LogP contribution in [0.3, 0.4) is 0 Å². The molecule has 0 spiro atoms. The second-order valence-electron chi connectivity index (χ2n) is 4.52. The van der Waals surface area contributed by atoms with Gasteiger partial charge in [0.05, 0.1) is 22.9 Å². The number of thiazole rings is 1. The highest BCUT2D eigenvalue weighted by Gasteiger charge is 2.29. The first-order valence-electron chi connectivity index (χ1n) is 5.92. The minimum Gasteiger partial charge on any atom is -0.374 e. The molecule has 0 aromatic carbocycles. The van der Waals surface area contributed by atoms with Gasteiger partial charge in [0, 0.05) is 17.8 Å². The van der Waals surface area contributed by atoms with Crippen molar-refractivity contribution in [3.05, 3.63) is 16.1 Å². The van der Waals surface area contributed by atoms with E-state index in [1.165, 1.54) is 12.1 Å². The predicted molar refractivity (Wildman–Crippen MR) is 67.0 cm³/mol. The maximum absolute atomic E-state index is 5.91. The van der Waals surface area contributed by atoms with E-state index in [9.17, 15) is 0 Å². The Morgan fingerprint density at radius 1 is 1.62 bits per heavy atom. The number of likely N-dealkylation sites (N-methyl/N-ethyl adjacent to an activating group) is 1. The number of nitrogens with one attached hydrogen (secondary N) is 1. The number of aromatic nitrogens is 1. The standard InChI is InChI=1S/C12H20N2OS/c1-8-4-5-12(15-8)11(13-3)6-10-7-16-9(2)14-10/h7-8,11-13H,4-6H2,1-3H3. The molecule has 3 nitrogen and oxygen atoms in total. The van der Waals surface area contributed by atoms with Crippen LogP contribution < -0.4 is 5.32 Å². The van der Waals surface area contributed by atoms with Crippen LogP contribution in [-0.2, 0) is 11.2 Å². The molecule has 0 aliphatic carbocycles. The van der Waals surface area contributed by atoms with Crippen LogP contribution in [0.15, 0.2) is 5.38 Å². The molecular formula is C12H20N2OS. The monoisotopic (exact) mass is 240 g/mol. The van der Waals surface area contributed by atoms with Gasteiger partial charge in [0.1, 0.15) is 0 Å². The molecule has 16 heavy (non-hydrogen) atoms. The van der Waals surface area contributed by atoms with E-state index in [0.717, 1.165) is 17.8 Å². The van der Waals surface area contributed by atoms with Gasteiger partial charge in [-0.05, 0) is 33.7 Å². The van der Waals surface area contributed by atoms with E-state index in [-0.39, 0.29) is 0 Å². The molecule has 0 saturated carbocycles. The summed E-state index contributed by atoms with van der Waals surface area (Å²) in [5.74, 6) is 0. The Morgan fingerprint density at radius 2 is 2.44 bits per heavy atom. The molecule has 0 radical (unpaired) electrons. The maximum Gasteiger partial charge on any atom is 0.0897 e. The van der Waals surface area contributed by atoms with Crippen molar-refractivity contribution in [2.24, 2.45) is 0 Å². The second kappa shape index (κ2) is 5.25. The van der Waals surface area contributed by atoms with E-state index in [1.807, 2.05) is 7.05 Å². The fourth-order valence-electron chi connectivity index (χ4n) is 2.28. The van der Waals surface area contributed by atoms with E-state index in [4.69, 9.17) is 4.74 Å². The Hall–Kier alpha value is -0.450. The molecule has 1 saturated heterocycles. The summed E-state index contributed by atoms with van der Waals surface area (Å²) in [5.41, 5.74) is 1.19. The first kappa shape index (κ1) is 12.0. The Labute approximate surface area is 101 Å². The molecule has 1 aromatic heterocycles. The molecule has 1 aliphatic heterocycles. The van der Waals surface area contributed by atoms with Crippen LogP contribution in [0.2, 0.25) is 0 Å². The highest BCUT2D eigenvalue weighted by Crippen LogP contribution is 2.23. The summed E-state index contributed by atoms with van der Waals surface area (Å²) in [6.07, 6.45) is 4.08. The zero-order chi connectivity index (χ0) is 11.5. The summed E-state index contributed by atoms with van der Waals surface area (Å²) < 4.78 is 5.91. The van der Waals surface area contributed by atoms with Crippen LogP contribution >= 0.6 is 11.3 Å². The van der Waals surface area contributed by atoms with Crippen molar-refractivity contribution >= 4 is 11.3 Å².